The monoisotopic (exact) mass is 324 g/mol. The lowest BCUT2D eigenvalue weighted by Crippen LogP contribution is -2.41. The van der Waals surface area contributed by atoms with E-state index in [9.17, 15) is 4.79 Å². The van der Waals surface area contributed by atoms with Crippen LogP contribution in [0.3, 0.4) is 0 Å². The summed E-state index contributed by atoms with van der Waals surface area (Å²) in [5.41, 5.74) is -0.402. The van der Waals surface area contributed by atoms with Gasteiger partial charge in [-0.25, -0.2) is 4.79 Å². The summed E-state index contributed by atoms with van der Waals surface area (Å²) in [7, 11) is 0. The molecular formula is C19H36N2O2. The van der Waals surface area contributed by atoms with Crippen LogP contribution in [0.1, 0.15) is 72.6 Å². The van der Waals surface area contributed by atoms with Crippen molar-refractivity contribution in [2.75, 3.05) is 19.6 Å². The molecule has 0 aromatic heterocycles. The van der Waals surface area contributed by atoms with Crippen LogP contribution in [0.4, 0.5) is 4.79 Å². The minimum absolute atomic E-state index is 0.138. The molecular weight excluding hydrogens is 288 g/mol. The summed E-state index contributed by atoms with van der Waals surface area (Å²) in [4.78, 5) is 14.2. The number of rotatable bonds is 5. The van der Waals surface area contributed by atoms with Crippen molar-refractivity contribution in [1.29, 1.82) is 0 Å². The van der Waals surface area contributed by atoms with E-state index >= 15 is 0 Å². The lowest BCUT2D eigenvalue weighted by molar-refractivity contribution is 0.0220. The smallest absolute Gasteiger partial charge is 0.410 e. The molecule has 1 aliphatic heterocycles. The number of hydrogen-bond donors (Lipinski definition) is 1. The van der Waals surface area contributed by atoms with E-state index in [4.69, 9.17) is 4.74 Å². The molecule has 4 nitrogen and oxygen atoms in total. The number of likely N-dealkylation sites (tertiary alicyclic amines) is 1. The SMILES string of the molecule is CC1CCC(CNCCC2CCCN2C(=O)OC(C)(C)C)CC1. The van der Waals surface area contributed by atoms with Crippen LogP contribution in [0, 0.1) is 11.8 Å². The van der Waals surface area contributed by atoms with E-state index < -0.39 is 5.60 Å². The lowest BCUT2D eigenvalue weighted by Gasteiger charge is -2.29. The summed E-state index contributed by atoms with van der Waals surface area (Å²) in [6.45, 7) is 11.2. The number of carbonyl (C=O) groups excluding carboxylic acids is 1. The van der Waals surface area contributed by atoms with Crippen LogP contribution in [-0.2, 0) is 4.74 Å². The van der Waals surface area contributed by atoms with E-state index in [1.54, 1.807) is 0 Å². The van der Waals surface area contributed by atoms with Crippen LogP contribution in [0.25, 0.3) is 0 Å². The lowest BCUT2D eigenvalue weighted by atomic mass is 9.83. The van der Waals surface area contributed by atoms with Crippen molar-refractivity contribution in [1.82, 2.24) is 10.2 Å². The maximum atomic E-state index is 12.3. The molecule has 2 fully saturated rings. The first-order valence-electron chi connectivity index (χ1n) is 9.55. The molecule has 2 aliphatic rings. The van der Waals surface area contributed by atoms with Gasteiger partial charge in [0.15, 0.2) is 0 Å². The highest BCUT2D eigenvalue weighted by Gasteiger charge is 2.31. The van der Waals surface area contributed by atoms with Gasteiger partial charge in [-0.3, -0.25) is 0 Å². The Morgan fingerprint density at radius 2 is 1.87 bits per heavy atom. The highest BCUT2D eigenvalue weighted by Crippen LogP contribution is 2.28. The van der Waals surface area contributed by atoms with Crippen LogP contribution in [0.15, 0.2) is 0 Å². The molecule has 1 N–H and O–H groups in total. The molecule has 0 radical (unpaired) electrons. The zero-order chi connectivity index (χ0) is 16.9. The van der Waals surface area contributed by atoms with Crippen LogP contribution in [0.2, 0.25) is 0 Å². The Balaban J connectivity index is 1.65. The van der Waals surface area contributed by atoms with Gasteiger partial charge in [0.25, 0.3) is 0 Å². The predicted molar refractivity (Wildman–Crippen MR) is 94.6 cm³/mol. The van der Waals surface area contributed by atoms with Crippen molar-refractivity contribution in [3.8, 4) is 0 Å². The van der Waals surface area contributed by atoms with Gasteiger partial charge in [0.05, 0.1) is 0 Å². The number of ether oxygens (including phenoxy) is 1. The van der Waals surface area contributed by atoms with Crippen molar-refractivity contribution < 1.29 is 9.53 Å². The first kappa shape index (κ1) is 18.6. The molecule has 1 aliphatic carbocycles. The Morgan fingerprint density at radius 1 is 1.17 bits per heavy atom. The van der Waals surface area contributed by atoms with Gasteiger partial charge in [0, 0.05) is 12.6 Å². The van der Waals surface area contributed by atoms with E-state index in [2.05, 4.69) is 12.2 Å². The largest absolute Gasteiger partial charge is 0.444 e. The molecule has 0 aromatic carbocycles. The maximum Gasteiger partial charge on any atom is 0.410 e. The highest BCUT2D eigenvalue weighted by atomic mass is 16.6. The van der Waals surface area contributed by atoms with E-state index in [1.165, 1.54) is 25.7 Å². The molecule has 1 unspecified atom stereocenters. The Morgan fingerprint density at radius 3 is 2.52 bits per heavy atom. The summed E-state index contributed by atoms with van der Waals surface area (Å²) < 4.78 is 5.53. The minimum atomic E-state index is -0.402. The molecule has 1 amide bonds. The van der Waals surface area contributed by atoms with Gasteiger partial charge in [-0.1, -0.05) is 19.8 Å². The summed E-state index contributed by atoms with van der Waals surface area (Å²) in [5.74, 6) is 1.78. The molecule has 0 spiro atoms. The van der Waals surface area contributed by atoms with Crippen molar-refractivity contribution >= 4 is 6.09 Å². The van der Waals surface area contributed by atoms with Crippen LogP contribution >= 0.6 is 0 Å². The number of carbonyl (C=O) groups is 1. The average Bonchev–Trinajstić information content (AvgIpc) is 2.92. The molecule has 0 aromatic rings. The number of nitrogens with zero attached hydrogens (tertiary/aromatic N) is 1. The fourth-order valence-electron chi connectivity index (χ4n) is 3.80. The first-order valence-corrected chi connectivity index (χ1v) is 9.55. The standard InChI is InChI=1S/C19H36N2O2/c1-15-7-9-16(10-8-15)14-20-12-11-17-6-5-13-21(17)18(22)23-19(2,3)4/h15-17,20H,5-14H2,1-4H3. The maximum absolute atomic E-state index is 12.3. The second-order valence-corrected chi connectivity index (χ2v) is 8.59. The van der Waals surface area contributed by atoms with Gasteiger partial charge in [0.2, 0.25) is 0 Å². The summed E-state index contributed by atoms with van der Waals surface area (Å²) in [5, 5.41) is 3.63. The molecule has 4 heteroatoms. The molecule has 0 bridgehead atoms. The Labute approximate surface area is 142 Å². The summed E-state index contributed by atoms with van der Waals surface area (Å²) >= 11 is 0. The van der Waals surface area contributed by atoms with Crippen molar-refractivity contribution in [3.63, 3.8) is 0 Å². The molecule has 1 atom stereocenters. The second kappa shape index (κ2) is 8.36. The van der Waals surface area contributed by atoms with Crippen LogP contribution in [-0.4, -0.2) is 42.3 Å². The van der Waals surface area contributed by atoms with Gasteiger partial charge in [-0.05, 0) is 77.8 Å². The van der Waals surface area contributed by atoms with Gasteiger partial charge < -0.3 is 15.0 Å². The number of nitrogens with one attached hydrogen (secondary N) is 1. The molecule has 1 saturated carbocycles. The van der Waals surface area contributed by atoms with Gasteiger partial charge in [0.1, 0.15) is 5.60 Å². The van der Waals surface area contributed by atoms with E-state index in [0.717, 1.165) is 50.7 Å². The number of amides is 1. The van der Waals surface area contributed by atoms with Gasteiger partial charge in [-0.2, -0.15) is 0 Å². The zero-order valence-corrected chi connectivity index (χ0v) is 15.6. The van der Waals surface area contributed by atoms with Crippen molar-refractivity contribution in [3.05, 3.63) is 0 Å². The normalized spacial score (nSPS) is 28.9. The summed E-state index contributed by atoms with van der Waals surface area (Å²) in [6, 6.07) is 0.351. The average molecular weight is 325 g/mol. The van der Waals surface area contributed by atoms with E-state index in [0.29, 0.717) is 6.04 Å². The van der Waals surface area contributed by atoms with Crippen LogP contribution in [0.5, 0.6) is 0 Å². The third-order valence-electron chi connectivity index (χ3n) is 5.23. The summed E-state index contributed by atoms with van der Waals surface area (Å²) in [6.07, 6.45) is 8.65. The van der Waals surface area contributed by atoms with Gasteiger partial charge in [-0.15, -0.1) is 0 Å². The predicted octanol–water partition coefficient (Wildman–Crippen LogP) is 4.19. The minimum Gasteiger partial charge on any atom is -0.444 e. The molecule has 23 heavy (non-hydrogen) atoms. The molecule has 2 rings (SSSR count). The number of hydrogen-bond acceptors (Lipinski definition) is 3. The molecule has 1 heterocycles. The first-order chi connectivity index (χ1) is 10.8. The third-order valence-corrected chi connectivity index (χ3v) is 5.23. The second-order valence-electron chi connectivity index (χ2n) is 8.59. The van der Waals surface area contributed by atoms with E-state index in [-0.39, 0.29) is 6.09 Å². The fraction of sp³-hybridized carbons (Fsp3) is 0.947. The highest BCUT2D eigenvalue weighted by molar-refractivity contribution is 5.68. The molecule has 1 saturated heterocycles. The third kappa shape index (κ3) is 6.33. The Bertz CT molecular complexity index is 370. The topological polar surface area (TPSA) is 41.6 Å². The van der Waals surface area contributed by atoms with Gasteiger partial charge >= 0.3 is 6.09 Å². The quantitative estimate of drug-likeness (QED) is 0.771. The van der Waals surface area contributed by atoms with Crippen LogP contribution < -0.4 is 5.32 Å². The fourth-order valence-corrected chi connectivity index (χ4v) is 3.80. The Hall–Kier alpha value is -0.770. The Kier molecular flexibility index (Phi) is 6.75. The van der Waals surface area contributed by atoms with Crippen molar-refractivity contribution in [2.24, 2.45) is 11.8 Å². The zero-order valence-electron chi connectivity index (χ0n) is 15.6. The van der Waals surface area contributed by atoms with Crippen molar-refractivity contribution in [2.45, 2.75) is 84.3 Å². The van der Waals surface area contributed by atoms with E-state index in [1.807, 2.05) is 25.7 Å². The molecule has 134 valence electrons.